The third kappa shape index (κ3) is 5.93. The number of nitrogens with zero attached hydrogens (tertiary/aromatic N) is 2. The second kappa shape index (κ2) is 10.1. The van der Waals surface area contributed by atoms with Gasteiger partial charge in [-0.25, -0.2) is 4.68 Å². The Morgan fingerprint density at radius 2 is 1.79 bits per heavy atom. The predicted octanol–water partition coefficient (Wildman–Crippen LogP) is 2.36. The van der Waals surface area contributed by atoms with Crippen LogP contribution in [0.2, 0.25) is 0 Å². The highest BCUT2D eigenvalue weighted by Crippen LogP contribution is 2.12. The number of carbonyl (C=O) groups excluding carboxylic acids is 2. The van der Waals surface area contributed by atoms with Gasteiger partial charge in [0, 0.05) is 24.5 Å². The van der Waals surface area contributed by atoms with E-state index in [1.54, 1.807) is 35.1 Å². The normalized spacial score (nSPS) is 10.4. The van der Waals surface area contributed by atoms with E-state index in [1.165, 1.54) is 0 Å². The number of amides is 2. The first-order valence-electron chi connectivity index (χ1n) is 9.52. The largest absolute Gasteiger partial charge is 0.494 e. The van der Waals surface area contributed by atoms with Crippen molar-refractivity contribution in [1.82, 2.24) is 20.4 Å². The molecule has 0 aliphatic heterocycles. The first kappa shape index (κ1) is 20.1. The Morgan fingerprint density at radius 3 is 2.45 bits per heavy atom. The third-order valence-corrected chi connectivity index (χ3v) is 4.28. The van der Waals surface area contributed by atoms with E-state index in [0.717, 1.165) is 11.3 Å². The van der Waals surface area contributed by atoms with Gasteiger partial charge in [0.2, 0.25) is 5.91 Å². The fraction of sp³-hybridized carbons (Fsp3) is 0.227. The van der Waals surface area contributed by atoms with Gasteiger partial charge in [0.15, 0.2) is 0 Å². The van der Waals surface area contributed by atoms with Crippen LogP contribution in [0.5, 0.6) is 5.75 Å². The molecule has 0 unspecified atom stereocenters. The van der Waals surface area contributed by atoms with Crippen molar-refractivity contribution in [2.45, 2.75) is 13.3 Å². The molecule has 0 saturated heterocycles. The number of hydrogen-bond acceptors (Lipinski definition) is 4. The lowest BCUT2D eigenvalue weighted by Crippen LogP contribution is -2.37. The van der Waals surface area contributed by atoms with Gasteiger partial charge in [-0.15, -0.1) is 0 Å². The summed E-state index contributed by atoms with van der Waals surface area (Å²) in [4.78, 5) is 24.1. The molecule has 0 aliphatic carbocycles. The average molecular weight is 392 g/mol. The van der Waals surface area contributed by atoms with E-state index in [4.69, 9.17) is 4.74 Å². The van der Waals surface area contributed by atoms with E-state index in [-0.39, 0.29) is 18.4 Å². The fourth-order valence-corrected chi connectivity index (χ4v) is 2.78. The van der Waals surface area contributed by atoms with Crippen molar-refractivity contribution < 1.29 is 14.3 Å². The number of nitrogens with one attached hydrogen (secondary N) is 2. The number of ether oxygens (including phenoxy) is 1. The molecule has 0 spiro atoms. The van der Waals surface area contributed by atoms with Crippen molar-refractivity contribution in [3.8, 4) is 11.4 Å². The van der Waals surface area contributed by atoms with E-state index in [1.807, 2.05) is 43.5 Å². The summed E-state index contributed by atoms with van der Waals surface area (Å²) < 4.78 is 7.13. The molecule has 0 radical (unpaired) electrons. The molecule has 29 heavy (non-hydrogen) atoms. The molecule has 2 aromatic carbocycles. The first-order chi connectivity index (χ1) is 14.2. The summed E-state index contributed by atoms with van der Waals surface area (Å²) >= 11 is 0. The van der Waals surface area contributed by atoms with Crippen molar-refractivity contribution in [3.05, 3.63) is 78.1 Å². The molecule has 0 fully saturated rings. The second-order valence-electron chi connectivity index (χ2n) is 6.36. The molecule has 7 nitrogen and oxygen atoms in total. The van der Waals surface area contributed by atoms with Crippen LogP contribution in [0.3, 0.4) is 0 Å². The monoisotopic (exact) mass is 392 g/mol. The topological polar surface area (TPSA) is 85.2 Å². The summed E-state index contributed by atoms with van der Waals surface area (Å²) in [5.41, 5.74) is 2.58. The van der Waals surface area contributed by atoms with Gasteiger partial charge in [-0.05, 0) is 61.4 Å². The molecule has 150 valence electrons. The third-order valence-electron chi connectivity index (χ3n) is 4.28. The minimum Gasteiger partial charge on any atom is -0.494 e. The van der Waals surface area contributed by atoms with Gasteiger partial charge in [0.1, 0.15) is 5.75 Å². The van der Waals surface area contributed by atoms with Gasteiger partial charge in [0.05, 0.1) is 18.8 Å². The standard InChI is InChI=1S/C22H24N4O3/c1-2-29-20-10-6-18(7-11-20)22(28)24-16-21(27)23-14-12-17-4-8-19(9-5-17)26-15-3-13-25-26/h3-11,13,15H,2,12,14,16H2,1H3,(H,23,27)(H,24,28). The smallest absolute Gasteiger partial charge is 0.251 e. The van der Waals surface area contributed by atoms with Gasteiger partial charge < -0.3 is 15.4 Å². The Bertz CT molecular complexity index is 920. The van der Waals surface area contributed by atoms with E-state index in [0.29, 0.717) is 30.9 Å². The predicted molar refractivity (Wildman–Crippen MR) is 110 cm³/mol. The Kier molecular flexibility index (Phi) is 7.00. The molecule has 0 aliphatic rings. The van der Waals surface area contributed by atoms with Crippen LogP contribution < -0.4 is 15.4 Å². The lowest BCUT2D eigenvalue weighted by Gasteiger charge is -2.08. The van der Waals surface area contributed by atoms with Crippen LogP contribution in [0.1, 0.15) is 22.8 Å². The van der Waals surface area contributed by atoms with Crippen LogP contribution in [0.4, 0.5) is 0 Å². The number of carbonyl (C=O) groups is 2. The van der Waals surface area contributed by atoms with Crippen molar-refractivity contribution in [3.63, 3.8) is 0 Å². The fourth-order valence-electron chi connectivity index (χ4n) is 2.78. The zero-order valence-electron chi connectivity index (χ0n) is 16.3. The van der Waals surface area contributed by atoms with E-state index in [2.05, 4.69) is 15.7 Å². The highest BCUT2D eigenvalue weighted by Gasteiger charge is 2.08. The number of hydrogen-bond donors (Lipinski definition) is 2. The summed E-state index contributed by atoms with van der Waals surface area (Å²) in [6, 6.07) is 16.7. The Labute approximate surface area is 169 Å². The zero-order valence-corrected chi connectivity index (χ0v) is 16.3. The van der Waals surface area contributed by atoms with Gasteiger partial charge >= 0.3 is 0 Å². The quantitative estimate of drug-likeness (QED) is 0.585. The van der Waals surface area contributed by atoms with Crippen molar-refractivity contribution >= 4 is 11.8 Å². The van der Waals surface area contributed by atoms with Crippen LogP contribution >= 0.6 is 0 Å². The van der Waals surface area contributed by atoms with Gasteiger partial charge in [-0.1, -0.05) is 12.1 Å². The number of aromatic nitrogens is 2. The Balaban J connectivity index is 1.38. The maximum atomic E-state index is 12.1. The summed E-state index contributed by atoms with van der Waals surface area (Å²) in [7, 11) is 0. The SMILES string of the molecule is CCOc1ccc(C(=O)NCC(=O)NCCc2ccc(-n3cccn3)cc2)cc1. The Hall–Kier alpha value is -3.61. The molecule has 0 atom stereocenters. The van der Waals surface area contributed by atoms with Crippen molar-refractivity contribution in [2.24, 2.45) is 0 Å². The van der Waals surface area contributed by atoms with Crippen molar-refractivity contribution in [2.75, 3.05) is 19.7 Å². The molecule has 3 rings (SSSR count). The van der Waals surface area contributed by atoms with E-state index < -0.39 is 0 Å². The maximum Gasteiger partial charge on any atom is 0.251 e. The minimum atomic E-state index is -0.294. The molecular formula is C22H24N4O3. The molecule has 3 aromatic rings. The molecular weight excluding hydrogens is 368 g/mol. The molecule has 0 bridgehead atoms. The first-order valence-corrected chi connectivity index (χ1v) is 9.52. The molecule has 7 heteroatoms. The Morgan fingerprint density at radius 1 is 1.03 bits per heavy atom. The molecule has 0 saturated carbocycles. The van der Waals surface area contributed by atoms with Crippen LogP contribution in [-0.2, 0) is 11.2 Å². The lowest BCUT2D eigenvalue weighted by atomic mass is 10.1. The zero-order chi connectivity index (χ0) is 20.5. The summed E-state index contributed by atoms with van der Waals surface area (Å²) in [5, 5.41) is 9.62. The van der Waals surface area contributed by atoms with Crippen molar-refractivity contribution in [1.29, 1.82) is 0 Å². The van der Waals surface area contributed by atoms with E-state index in [9.17, 15) is 9.59 Å². The molecule has 2 N–H and O–H groups in total. The number of benzene rings is 2. The van der Waals surface area contributed by atoms with Crippen LogP contribution in [0, 0.1) is 0 Å². The van der Waals surface area contributed by atoms with Gasteiger partial charge in [-0.3, -0.25) is 9.59 Å². The second-order valence-corrected chi connectivity index (χ2v) is 6.36. The highest BCUT2D eigenvalue weighted by atomic mass is 16.5. The number of rotatable bonds is 9. The van der Waals surface area contributed by atoms with Crippen LogP contribution in [-0.4, -0.2) is 41.3 Å². The summed E-state index contributed by atoms with van der Waals surface area (Å²) in [5.74, 6) is 0.189. The van der Waals surface area contributed by atoms with Crippen LogP contribution in [0.15, 0.2) is 67.0 Å². The van der Waals surface area contributed by atoms with Gasteiger partial charge in [-0.2, -0.15) is 5.10 Å². The molecule has 1 aromatic heterocycles. The minimum absolute atomic E-state index is 0.0652. The molecule has 1 heterocycles. The molecule has 2 amide bonds. The summed E-state index contributed by atoms with van der Waals surface area (Å²) in [6.07, 6.45) is 4.33. The van der Waals surface area contributed by atoms with Gasteiger partial charge in [0.25, 0.3) is 5.91 Å². The van der Waals surface area contributed by atoms with Crippen LogP contribution in [0.25, 0.3) is 5.69 Å². The summed E-state index contributed by atoms with van der Waals surface area (Å²) in [6.45, 7) is 2.90. The maximum absolute atomic E-state index is 12.1. The van der Waals surface area contributed by atoms with E-state index >= 15 is 0 Å². The lowest BCUT2D eigenvalue weighted by molar-refractivity contribution is -0.120. The average Bonchev–Trinajstić information content (AvgIpc) is 3.28. The highest BCUT2D eigenvalue weighted by molar-refractivity contribution is 5.96.